The van der Waals surface area contributed by atoms with E-state index in [-0.39, 0.29) is 0 Å². The molecule has 0 amide bonds. The summed E-state index contributed by atoms with van der Waals surface area (Å²) in [5, 5.41) is 0. The molecule has 0 aliphatic heterocycles. The Bertz CT molecular complexity index is 219. The molecule has 0 heterocycles. The lowest BCUT2D eigenvalue weighted by atomic mass is 9.75. The van der Waals surface area contributed by atoms with Crippen molar-refractivity contribution >= 4 is 12.6 Å². The second kappa shape index (κ2) is 6.47. The monoisotopic (exact) mass is 255 g/mol. The zero-order valence-corrected chi connectivity index (χ0v) is 12.4. The third kappa shape index (κ3) is 3.89. The SMILES string of the molecule is CCCCN(CC1(CS)CCCCC1)C1CC1. The first-order chi connectivity index (χ1) is 8.29. The molecule has 0 saturated heterocycles. The van der Waals surface area contributed by atoms with Gasteiger partial charge in [0.1, 0.15) is 0 Å². The van der Waals surface area contributed by atoms with E-state index in [0.717, 1.165) is 11.8 Å². The fraction of sp³-hybridized carbons (Fsp3) is 1.00. The van der Waals surface area contributed by atoms with Crippen LogP contribution in [0.5, 0.6) is 0 Å². The highest BCUT2D eigenvalue weighted by Crippen LogP contribution is 2.40. The van der Waals surface area contributed by atoms with Gasteiger partial charge in [0.25, 0.3) is 0 Å². The van der Waals surface area contributed by atoms with Gasteiger partial charge in [0.05, 0.1) is 0 Å². The van der Waals surface area contributed by atoms with Gasteiger partial charge in [0.2, 0.25) is 0 Å². The maximum atomic E-state index is 4.68. The smallest absolute Gasteiger partial charge is 0.00966 e. The van der Waals surface area contributed by atoms with Gasteiger partial charge in [0, 0.05) is 12.6 Å². The summed E-state index contributed by atoms with van der Waals surface area (Å²) in [6.45, 7) is 4.97. The maximum Gasteiger partial charge on any atom is 0.00966 e. The van der Waals surface area contributed by atoms with Crippen LogP contribution < -0.4 is 0 Å². The summed E-state index contributed by atoms with van der Waals surface area (Å²) in [5.74, 6) is 1.10. The lowest BCUT2D eigenvalue weighted by Crippen LogP contribution is -2.42. The number of thiol groups is 1. The van der Waals surface area contributed by atoms with Crippen LogP contribution in [0.3, 0.4) is 0 Å². The third-order valence-electron chi connectivity index (χ3n) is 4.65. The first kappa shape index (κ1) is 13.7. The molecule has 2 aliphatic rings. The molecule has 1 nitrogen and oxygen atoms in total. The lowest BCUT2D eigenvalue weighted by Gasteiger charge is -2.40. The predicted octanol–water partition coefficient (Wildman–Crippen LogP) is 4.13. The number of hydrogen-bond donors (Lipinski definition) is 1. The molecule has 100 valence electrons. The minimum absolute atomic E-state index is 0.553. The van der Waals surface area contributed by atoms with Crippen molar-refractivity contribution in [2.24, 2.45) is 5.41 Å². The average Bonchev–Trinajstić information content (AvgIpc) is 3.20. The summed E-state index contributed by atoms with van der Waals surface area (Å²) >= 11 is 4.68. The summed E-state index contributed by atoms with van der Waals surface area (Å²) in [6.07, 6.45) is 12.8. The van der Waals surface area contributed by atoms with E-state index >= 15 is 0 Å². The summed E-state index contributed by atoms with van der Waals surface area (Å²) in [5.41, 5.74) is 0.553. The molecular formula is C15H29NS. The van der Waals surface area contributed by atoms with E-state index in [4.69, 9.17) is 0 Å². The molecule has 0 atom stereocenters. The summed E-state index contributed by atoms with van der Waals surface area (Å²) in [4.78, 5) is 2.80. The number of rotatable bonds is 7. The Hall–Kier alpha value is 0.310. The third-order valence-corrected chi connectivity index (χ3v) is 5.32. The van der Waals surface area contributed by atoms with E-state index in [1.807, 2.05) is 0 Å². The Morgan fingerprint density at radius 3 is 2.41 bits per heavy atom. The van der Waals surface area contributed by atoms with Gasteiger partial charge in [0.15, 0.2) is 0 Å². The highest BCUT2D eigenvalue weighted by Gasteiger charge is 2.37. The van der Waals surface area contributed by atoms with Crippen molar-refractivity contribution in [2.45, 2.75) is 70.8 Å². The Balaban J connectivity index is 1.89. The second-order valence-corrected chi connectivity index (χ2v) is 6.59. The highest BCUT2D eigenvalue weighted by molar-refractivity contribution is 7.80. The second-order valence-electron chi connectivity index (χ2n) is 6.27. The molecule has 2 heteroatoms. The number of unbranched alkanes of at least 4 members (excludes halogenated alkanes) is 1. The zero-order valence-electron chi connectivity index (χ0n) is 11.5. The minimum atomic E-state index is 0.553. The van der Waals surface area contributed by atoms with Gasteiger partial charge in [-0.05, 0) is 49.8 Å². The van der Waals surface area contributed by atoms with Gasteiger partial charge in [-0.2, -0.15) is 12.6 Å². The molecular weight excluding hydrogens is 226 g/mol. The zero-order chi connectivity index (χ0) is 12.1. The largest absolute Gasteiger partial charge is 0.300 e. The van der Waals surface area contributed by atoms with Crippen LogP contribution in [0, 0.1) is 5.41 Å². The predicted molar refractivity (Wildman–Crippen MR) is 78.9 cm³/mol. The van der Waals surface area contributed by atoms with Crippen molar-refractivity contribution in [1.82, 2.24) is 4.90 Å². The van der Waals surface area contributed by atoms with E-state index < -0.39 is 0 Å². The molecule has 0 bridgehead atoms. The normalized spacial score (nSPS) is 24.2. The number of hydrogen-bond acceptors (Lipinski definition) is 2. The van der Waals surface area contributed by atoms with E-state index in [0.29, 0.717) is 5.41 Å². The summed E-state index contributed by atoms with van der Waals surface area (Å²) < 4.78 is 0. The van der Waals surface area contributed by atoms with Crippen molar-refractivity contribution in [2.75, 3.05) is 18.8 Å². The fourth-order valence-electron chi connectivity index (χ4n) is 3.29. The van der Waals surface area contributed by atoms with Crippen LogP contribution >= 0.6 is 12.6 Å². The Labute approximate surface area is 113 Å². The van der Waals surface area contributed by atoms with Crippen molar-refractivity contribution in [3.8, 4) is 0 Å². The first-order valence-corrected chi connectivity index (χ1v) is 8.28. The van der Waals surface area contributed by atoms with E-state index in [2.05, 4.69) is 24.5 Å². The van der Waals surface area contributed by atoms with Crippen LogP contribution in [0.25, 0.3) is 0 Å². The van der Waals surface area contributed by atoms with Crippen LogP contribution in [0.4, 0.5) is 0 Å². The van der Waals surface area contributed by atoms with Crippen LogP contribution in [0.15, 0.2) is 0 Å². The van der Waals surface area contributed by atoms with Gasteiger partial charge in [-0.25, -0.2) is 0 Å². The van der Waals surface area contributed by atoms with Crippen molar-refractivity contribution in [3.05, 3.63) is 0 Å². The van der Waals surface area contributed by atoms with Gasteiger partial charge >= 0.3 is 0 Å². The summed E-state index contributed by atoms with van der Waals surface area (Å²) in [7, 11) is 0. The maximum absolute atomic E-state index is 4.68. The standard InChI is InChI=1S/C15H29NS/c1-2-3-11-16(14-7-8-14)12-15(13-17)9-5-4-6-10-15/h14,17H,2-13H2,1H3. The lowest BCUT2D eigenvalue weighted by molar-refractivity contribution is 0.119. The van der Waals surface area contributed by atoms with Crippen molar-refractivity contribution in [1.29, 1.82) is 0 Å². The molecule has 17 heavy (non-hydrogen) atoms. The highest BCUT2D eigenvalue weighted by atomic mass is 32.1. The van der Waals surface area contributed by atoms with Crippen LogP contribution in [-0.4, -0.2) is 29.8 Å². The van der Waals surface area contributed by atoms with Crippen molar-refractivity contribution in [3.63, 3.8) is 0 Å². The summed E-state index contributed by atoms with van der Waals surface area (Å²) in [6, 6.07) is 0.931. The van der Waals surface area contributed by atoms with Crippen molar-refractivity contribution < 1.29 is 0 Å². The Morgan fingerprint density at radius 1 is 1.18 bits per heavy atom. The molecule has 0 aromatic heterocycles. The van der Waals surface area contributed by atoms with Crippen LogP contribution in [0.1, 0.15) is 64.7 Å². The Morgan fingerprint density at radius 2 is 1.88 bits per heavy atom. The molecule has 2 saturated carbocycles. The quantitative estimate of drug-likeness (QED) is 0.669. The van der Waals surface area contributed by atoms with E-state index in [9.17, 15) is 0 Å². The average molecular weight is 255 g/mol. The van der Waals surface area contributed by atoms with Gasteiger partial charge in [-0.3, -0.25) is 4.90 Å². The molecule has 0 aromatic rings. The molecule has 2 rings (SSSR count). The molecule has 0 unspecified atom stereocenters. The fourth-order valence-corrected chi connectivity index (χ4v) is 3.71. The topological polar surface area (TPSA) is 3.24 Å². The van der Waals surface area contributed by atoms with Crippen LogP contribution in [0.2, 0.25) is 0 Å². The van der Waals surface area contributed by atoms with E-state index in [1.165, 1.54) is 70.9 Å². The Kier molecular flexibility index (Phi) is 5.23. The molecule has 0 N–H and O–H groups in total. The van der Waals surface area contributed by atoms with Gasteiger partial charge in [-0.1, -0.05) is 32.6 Å². The molecule has 0 radical (unpaired) electrons. The molecule has 0 aromatic carbocycles. The van der Waals surface area contributed by atoms with Gasteiger partial charge in [-0.15, -0.1) is 0 Å². The molecule has 0 spiro atoms. The molecule has 2 fully saturated rings. The van der Waals surface area contributed by atoms with Crippen LogP contribution in [-0.2, 0) is 0 Å². The van der Waals surface area contributed by atoms with E-state index in [1.54, 1.807) is 0 Å². The van der Waals surface area contributed by atoms with Gasteiger partial charge < -0.3 is 0 Å². The number of nitrogens with zero attached hydrogens (tertiary/aromatic N) is 1. The molecule has 2 aliphatic carbocycles. The minimum Gasteiger partial charge on any atom is -0.300 e. The first-order valence-electron chi connectivity index (χ1n) is 7.64.